The highest BCUT2D eigenvalue weighted by atomic mass is 32.2. The van der Waals surface area contributed by atoms with E-state index in [1.54, 1.807) is 13.0 Å². The lowest BCUT2D eigenvalue weighted by atomic mass is 10.1. The number of carbonyl (C=O) groups excluding carboxylic acids is 1. The number of sulfonamides is 1. The Hall–Kier alpha value is -3.74. The maximum absolute atomic E-state index is 13.4. The lowest BCUT2D eigenvalue weighted by Gasteiger charge is -2.17. The molecule has 0 aliphatic carbocycles. The van der Waals surface area contributed by atoms with Crippen LogP contribution in [-0.4, -0.2) is 55.4 Å². The second-order valence-corrected chi connectivity index (χ2v) is 11.7. The molecular weight excluding hydrogens is 536 g/mol. The highest BCUT2D eigenvalue weighted by Crippen LogP contribution is 2.36. The van der Waals surface area contributed by atoms with E-state index >= 15 is 0 Å². The summed E-state index contributed by atoms with van der Waals surface area (Å²) in [4.78, 5) is 24.1. The van der Waals surface area contributed by atoms with Crippen molar-refractivity contribution >= 4 is 27.6 Å². The molecule has 1 amide bonds. The summed E-state index contributed by atoms with van der Waals surface area (Å²) in [5.41, 5.74) is 2.68. The van der Waals surface area contributed by atoms with Crippen LogP contribution < -0.4 is 14.8 Å². The molecule has 216 valence electrons. The first-order valence-corrected chi connectivity index (χ1v) is 14.3. The van der Waals surface area contributed by atoms with Crippen LogP contribution >= 0.6 is 0 Å². The van der Waals surface area contributed by atoms with Crippen LogP contribution in [0.1, 0.15) is 53.9 Å². The van der Waals surface area contributed by atoms with Crippen molar-refractivity contribution in [3.8, 4) is 17.3 Å². The first-order chi connectivity index (χ1) is 18.8. The van der Waals surface area contributed by atoms with Crippen LogP contribution in [0.2, 0.25) is 0 Å². The molecule has 0 saturated carbocycles. The predicted molar refractivity (Wildman–Crippen MR) is 151 cm³/mol. The minimum atomic E-state index is -4.11. The summed E-state index contributed by atoms with van der Waals surface area (Å²) in [6.45, 7) is 9.63. The highest BCUT2D eigenvalue weighted by Gasteiger charge is 2.27. The second kappa shape index (κ2) is 13.1. The molecule has 1 heterocycles. The summed E-state index contributed by atoms with van der Waals surface area (Å²) in [7, 11) is -2.59. The number of hydrogen-bond donors (Lipinski definition) is 3. The number of amides is 1. The minimum absolute atomic E-state index is 0.0526. The molecule has 0 spiro atoms. The summed E-state index contributed by atoms with van der Waals surface area (Å²) < 4.78 is 41.9. The maximum atomic E-state index is 13.4. The van der Waals surface area contributed by atoms with E-state index in [-0.39, 0.29) is 58.3 Å². The van der Waals surface area contributed by atoms with Crippen molar-refractivity contribution in [1.82, 2.24) is 14.5 Å². The van der Waals surface area contributed by atoms with Crippen LogP contribution in [0.3, 0.4) is 0 Å². The smallest absolute Gasteiger partial charge is 0.356 e. The number of rotatable bonds is 13. The Labute approximate surface area is 234 Å². The fraction of sp³-hybridized carbons (Fsp3) is 0.393. The van der Waals surface area contributed by atoms with Crippen molar-refractivity contribution < 1.29 is 32.6 Å². The molecule has 0 bridgehead atoms. The number of aromatic carboxylic acids is 1. The highest BCUT2D eigenvalue weighted by molar-refractivity contribution is 7.89. The maximum Gasteiger partial charge on any atom is 0.356 e. The van der Waals surface area contributed by atoms with Gasteiger partial charge in [-0.3, -0.25) is 4.79 Å². The van der Waals surface area contributed by atoms with Crippen LogP contribution in [0.5, 0.6) is 11.6 Å². The molecule has 0 unspecified atom stereocenters. The standard InChI is InChI=1S/C28H36N4O7S/c1-17(2)14-25(33)30-21-9-11-23(24(16-21)40(36,37)29-12-7-13-38-6)39-27-20(5)26(28(34)35)31-32(27)22-10-8-18(3)15-19(22)4/h8-11,15-17,29H,7,12-14H2,1-6H3,(H,30,33)(H,34,35). The van der Waals surface area contributed by atoms with Crippen molar-refractivity contribution in [2.24, 2.45) is 5.92 Å². The van der Waals surface area contributed by atoms with Gasteiger partial charge < -0.3 is 19.9 Å². The van der Waals surface area contributed by atoms with Crippen molar-refractivity contribution in [2.75, 3.05) is 25.6 Å². The van der Waals surface area contributed by atoms with Gasteiger partial charge in [0, 0.05) is 37.9 Å². The molecule has 3 N–H and O–H groups in total. The fourth-order valence-corrected chi connectivity index (χ4v) is 5.30. The molecule has 0 radical (unpaired) electrons. The number of carboxylic acid groups (broad SMARTS) is 1. The summed E-state index contributed by atoms with van der Waals surface area (Å²) in [6, 6.07) is 9.84. The number of carbonyl (C=O) groups is 2. The fourth-order valence-electron chi connectivity index (χ4n) is 4.08. The molecule has 1 aromatic heterocycles. The van der Waals surface area contributed by atoms with Gasteiger partial charge in [0.25, 0.3) is 0 Å². The van der Waals surface area contributed by atoms with Crippen molar-refractivity contribution in [2.45, 2.75) is 52.4 Å². The molecule has 0 fully saturated rings. The third-order valence-corrected chi connectivity index (χ3v) is 7.47. The molecule has 11 nitrogen and oxygen atoms in total. The summed E-state index contributed by atoms with van der Waals surface area (Å²) in [5.74, 6) is -1.40. The van der Waals surface area contributed by atoms with Crippen LogP contribution in [0.25, 0.3) is 5.69 Å². The SMILES string of the molecule is COCCCNS(=O)(=O)c1cc(NC(=O)CC(C)C)ccc1Oc1c(C)c(C(=O)O)nn1-c1ccc(C)cc1C. The number of nitrogens with zero attached hydrogens (tertiary/aromatic N) is 2. The Morgan fingerprint density at radius 1 is 1.10 bits per heavy atom. The zero-order valence-electron chi connectivity index (χ0n) is 23.6. The number of carboxylic acids is 1. The van der Waals surface area contributed by atoms with Gasteiger partial charge in [0.1, 0.15) is 10.6 Å². The largest absolute Gasteiger partial charge is 0.476 e. The first kappa shape index (κ1) is 30.8. The Morgan fingerprint density at radius 2 is 1.82 bits per heavy atom. The minimum Gasteiger partial charge on any atom is -0.476 e. The average molecular weight is 573 g/mol. The van der Waals surface area contributed by atoms with E-state index < -0.39 is 16.0 Å². The number of aryl methyl sites for hydroxylation is 2. The molecule has 3 aromatic rings. The van der Waals surface area contributed by atoms with Gasteiger partial charge in [-0.2, -0.15) is 9.78 Å². The van der Waals surface area contributed by atoms with Crippen LogP contribution in [0.15, 0.2) is 41.3 Å². The number of aromatic nitrogens is 2. The van der Waals surface area contributed by atoms with E-state index in [9.17, 15) is 23.1 Å². The first-order valence-electron chi connectivity index (χ1n) is 12.8. The van der Waals surface area contributed by atoms with Gasteiger partial charge in [-0.05, 0) is 62.9 Å². The van der Waals surface area contributed by atoms with Gasteiger partial charge in [0.05, 0.1) is 5.69 Å². The van der Waals surface area contributed by atoms with Gasteiger partial charge in [-0.25, -0.2) is 17.9 Å². The summed E-state index contributed by atoms with van der Waals surface area (Å²) >= 11 is 0. The lowest BCUT2D eigenvalue weighted by Crippen LogP contribution is -2.26. The molecule has 0 saturated heterocycles. The molecular formula is C28H36N4O7S. The predicted octanol–water partition coefficient (Wildman–Crippen LogP) is 4.59. The van der Waals surface area contributed by atoms with E-state index in [1.807, 2.05) is 39.8 Å². The topological polar surface area (TPSA) is 149 Å². The zero-order valence-corrected chi connectivity index (χ0v) is 24.4. The molecule has 0 aliphatic heterocycles. The normalized spacial score (nSPS) is 11.6. The lowest BCUT2D eigenvalue weighted by molar-refractivity contribution is -0.116. The average Bonchev–Trinajstić information content (AvgIpc) is 3.18. The second-order valence-electron chi connectivity index (χ2n) is 9.94. The van der Waals surface area contributed by atoms with E-state index in [0.29, 0.717) is 18.7 Å². The van der Waals surface area contributed by atoms with Crippen LogP contribution in [0, 0.1) is 26.7 Å². The summed E-state index contributed by atoms with van der Waals surface area (Å²) in [5, 5.41) is 16.7. The Balaban J connectivity index is 2.12. The van der Waals surface area contributed by atoms with Crippen LogP contribution in [0.4, 0.5) is 5.69 Å². The van der Waals surface area contributed by atoms with Crippen LogP contribution in [-0.2, 0) is 19.6 Å². The molecule has 40 heavy (non-hydrogen) atoms. The zero-order chi connectivity index (χ0) is 29.6. The Kier molecular flexibility index (Phi) is 10.1. The van der Waals surface area contributed by atoms with Crippen molar-refractivity contribution in [3.05, 3.63) is 58.8 Å². The third-order valence-electron chi connectivity index (χ3n) is 5.99. The van der Waals surface area contributed by atoms with Gasteiger partial charge in [-0.1, -0.05) is 31.5 Å². The third kappa shape index (κ3) is 7.46. The number of anilines is 1. The van der Waals surface area contributed by atoms with Gasteiger partial charge in [-0.15, -0.1) is 0 Å². The van der Waals surface area contributed by atoms with E-state index in [1.165, 1.54) is 30.0 Å². The van der Waals surface area contributed by atoms with E-state index in [0.717, 1.165) is 11.1 Å². The number of nitrogens with one attached hydrogen (secondary N) is 2. The van der Waals surface area contributed by atoms with Crippen molar-refractivity contribution in [3.63, 3.8) is 0 Å². The molecule has 3 rings (SSSR count). The molecule has 2 aromatic carbocycles. The number of hydrogen-bond acceptors (Lipinski definition) is 7. The van der Waals surface area contributed by atoms with Gasteiger partial charge >= 0.3 is 5.97 Å². The monoisotopic (exact) mass is 572 g/mol. The number of ether oxygens (including phenoxy) is 2. The number of methoxy groups -OCH3 is 1. The van der Waals surface area contributed by atoms with E-state index in [2.05, 4.69) is 15.1 Å². The molecule has 0 aliphatic rings. The van der Waals surface area contributed by atoms with Gasteiger partial charge in [0.15, 0.2) is 5.69 Å². The number of benzene rings is 2. The molecule has 0 atom stereocenters. The van der Waals surface area contributed by atoms with Gasteiger partial charge in [0.2, 0.25) is 21.8 Å². The molecule has 12 heteroatoms. The van der Waals surface area contributed by atoms with E-state index in [4.69, 9.17) is 9.47 Å². The Bertz CT molecular complexity index is 1500. The van der Waals surface area contributed by atoms with Crippen molar-refractivity contribution in [1.29, 1.82) is 0 Å². The summed E-state index contributed by atoms with van der Waals surface area (Å²) in [6.07, 6.45) is 0.707. The Morgan fingerprint density at radius 3 is 2.45 bits per heavy atom. The quantitative estimate of drug-likeness (QED) is 0.252.